The van der Waals surface area contributed by atoms with E-state index in [9.17, 15) is 0 Å². The number of hydrogen-bond donors (Lipinski definition) is 1. The molecule has 0 aliphatic carbocycles. The largest absolute Gasteiger partial charge is 0.361 e. The second kappa shape index (κ2) is 5.88. The number of thioether (sulfide) groups is 1. The molecule has 0 fully saturated rings. The average Bonchev–Trinajstić information content (AvgIpc) is 2.22. The van der Waals surface area contributed by atoms with Crippen LogP contribution in [0.2, 0.25) is 5.15 Å². The molecule has 0 aromatic carbocycles. The number of halogens is 1. The second-order valence-electron chi connectivity index (χ2n) is 2.58. The summed E-state index contributed by atoms with van der Waals surface area (Å²) in [6, 6.07) is 3.72. The third kappa shape index (κ3) is 3.55. The molecule has 0 amide bonds. The first-order chi connectivity index (χ1) is 6.76. The first-order valence-corrected chi connectivity index (χ1v) is 5.71. The van der Waals surface area contributed by atoms with E-state index in [1.54, 1.807) is 31.1 Å². The van der Waals surface area contributed by atoms with Crippen LogP contribution in [0, 0.1) is 0 Å². The zero-order chi connectivity index (χ0) is 10.4. The summed E-state index contributed by atoms with van der Waals surface area (Å²) < 4.78 is 0. The molecule has 1 N–H and O–H groups in total. The van der Waals surface area contributed by atoms with Gasteiger partial charge in [0.25, 0.3) is 0 Å². The molecule has 0 bridgehead atoms. The predicted octanol–water partition coefficient (Wildman–Crippen LogP) is 2.17. The molecule has 0 unspecified atom stereocenters. The minimum absolute atomic E-state index is 0.517. The van der Waals surface area contributed by atoms with Gasteiger partial charge in [0.1, 0.15) is 5.15 Å². The summed E-state index contributed by atoms with van der Waals surface area (Å²) in [5.41, 5.74) is 1.09. The summed E-state index contributed by atoms with van der Waals surface area (Å²) in [7, 11) is 1.76. The van der Waals surface area contributed by atoms with Gasteiger partial charge >= 0.3 is 0 Å². The summed E-state index contributed by atoms with van der Waals surface area (Å²) in [4.78, 5) is 8.05. The molecule has 0 spiro atoms. The Bertz CT molecular complexity index is 310. The van der Waals surface area contributed by atoms with Gasteiger partial charge in [-0.2, -0.15) is 0 Å². The molecule has 0 atom stereocenters. The molecule has 0 radical (unpaired) electrons. The number of hydrogen-bond acceptors (Lipinski definition) is 3. The van der Waals surface area contributed by atoms with E-state index in [-0.39, 0.29) is 0 Å². The molecule has 0 saturated carbocycles. The molecule has 5 heteroatoms. The Kier molecular flexibility index (Phi) is 4.76. The van der Waals surface area contributed by atoms with Crippen molar-refractivity contribution in [3.05, 3.63) is 29.0 Å². The van der Waals surface area contributed by atoms with Crippen LogP contribution in [0.25, 0.3) is 0 Å². The zero-order valence-corrected chi connectivity index (χ0v) is 9.69. The van der Waals surface area contributed by atoms with Gasteiger partial charge in [0.15, 0.2) is 5.17 Å². The maximum Gasteiger partial charge on any atom is 0.156 e. The Labute approximate surface area is 93.0 Å². The fourth-order valence-electron chi connectivity index (χ4n) is 0.931. The fraction of sp³-hybridized carbons (Fsp3) is 0.333. The van der Waals surface area contributed by atoms with Crippen molar-refractivity contribution in [3.63, 3.8) is 0 Å². The van der Waals surface area contributed by atoms with E-state index in [2.05, 4.69) is 15.3 Å². The van der Waals surface area contributed by atoms with Crippen LogP contribution in [0.4, 0.5) is 0 Å². The van der Waals surface area contributed by atoms with Gasteiger partial charge in [0, 0.05) is 19.8 Å². The lowest BCUT2D eigenvalue weighted by molar-refractivity contribution is 0.916. The highest BCUT2D eigenvalue weighted by atomic mass is 35.5. The van der Waals surface area contributed by atoms with E-state index < -0.39 is 0 Å². The Morgan fingerprint density at radius 1 is 1.64 bits per heavy atom. The number of amidine groups is 1. The van der Waals surface area contributed by atoms with Crippen LogP contribution in [-0.2, 0) is 6.54 Å². The van der Waals surface area contributed by atoms with E-state index in [1.165, 1.54) is 0 Å². The predicted molar refractivity (Wildman–Crippen MR) is 63.0 cm³/mol. The molecule has 0 aliphatic rings. The normalized spacial score (nSPS) is 11.5. The van der Waals surface area contributed by atoms with Crippen LogP contribution < -0.4 is 5.32 Å². The van der Waals surface area contributed by atoms with Crippen molar-refractivity contribution in [2.45, 2.75) is 6.54 Å². The summed E-state index contributed by atoms with van der Waals surface area (Å²) in [5.74, 6) is 0. The van der Waals surface area contributed by atoms with Crippen molar-refractivity contribution in [2.24, 2.45) is 4.99 Å². The maximum atomic E-state index is 5.67. The lowest BCUT2D eigenvalue weighted by Crippen LogP contribution is -2.19. The summed E-state index contributed by atoms with van der Waals surface area (Å²) >= 11 is 7.25. The Morgan fingerprint density at radius 3 is 2.93 bits per heavy atom. The zero-order valence-electron chi connectivity index (χ0n) is 8.12. The number of aliphatic imine (C=N–C) groups is 1. The standard InChI is InChI=1S/C9H12ClN3S/c1-11-9(14-2)13-6-7-3-4-8(10)12-5-7/h3-5H,6H2,1-2H3,(H,11,13). The molecule has 1 aromatic heterocycles. The number of pyridine rings is 1. The van der Waals surface area contributed by atoms with E-state index in [0.717, 1.165) is 17.3 Å². The monoisotopic (exact) mass is 229 g/mol. The topological polar surface area (TPSA) is 37.3 Å². The second-order valence-corrected chi connectivity index (χ2v) is 3.76. The highest BCUT2D eigenvalue weighted by Gasteiger charge is 1.96. The average molecular weight is 230 g/mol. The van der Waals surface area contributed by atoms with Gasteiger partial charge in [-0.05, 0) is 17.9 Å². The van der Waals surface area contributed by atoms with Crippen molar-refractivity contribution >= 4 is 28.5 Å². The quantitative estimate of drug-likeness (QED) is 0.480. The Balaban J connectivity index is 2.49. The van der Waals surface area contributed by atoms with Crippen LogP contribution >= 0.6 is 23.4 Å². The van der Waals surface area contributed by atoms with Gasteiger partial charge in [0.2, 0.25) is 0 Å². The van der Waals surface area contributed by atoms with Crippen molar-refractivity contribution in [3.8, 4) is 0 Å². The highest BCUT2D eigenvalue weighted by molar-refractivity contribution is 8.13. The van der Waals surface area contributed by atoms with E-state index in [4.69, 9.17) is 11.6 Å². The van der Waals surface area contributed by atoms with Gasteiger partial charge in [0.05, 0.1) is 0 Å². The van der Waals surface area contributed by atoms with E-state index >= 15 is 0 Å². The Morgan fingerprint density at radius 2 is 2.43 bits per heavy atom. The number of aromatic nitrogens is 1. The smallest absolute Gasteiger partial charge is 0.156 e. The highest BCUT2D eigenvalue weighted by Crippen LogP contribution is 2.05. The van der Waals surface area contributed by atoms with Gasteiger partial charge in [-0.1, -0.05) is 29.4 Å². The molecule has 1 aromatic rings. The fourth-order valence-corrected chi connectivity index (χ4v) is 1.44. The van der Waals surface area contributed by atoms with Gasteiger partial charge in [-0.25, -0.2) is 4.98 Å². The van der Waals surface area contributed by atoms with Crippen molar-refractivity contribution < 1.29 is 0 Å². The summed E-state index contributed by atoms with van der Waals surface area (Å²) in [6.07, 6.45) is 3.73. The molecule has 1 heterocycles. The van der Waals surface area contributed by atoms with Gasteiger partial charge in [-0.15, -0.1) is 0 Å². The lowest BCUT2D eigenvalue weighted by atomic mass is 10.3. The molecule has 14 heavy (non-hydrogen) atoms. The third-order valence-corrected chi connectivity index (χ3v) is 2.57. The first-order valence-electron chi connectivity index (χ1n) is 4.11. The summed E-state index contributed by atoms with van der Waals surface area (Å²) in [5, 5.41) is 4.62. The molecule has 3 nitrogen and oxygen atoms in total. The molecule has 0 saturated heterocycles. The summed E-state index contributed by atoms with van der Waals surface area (Å²) in [6.45, 7) is 0.720. The molecule has 76 valence electrons. The molecule has 1 rings (SSSR count). The minimum Gasteiger partial charge on any atom is -0.361 e. The van der Waals surface area contributed by atoms with Crippen LogP contribution in [0.15, 0.2) is 23.3 Å². The van der Waals surface area contributed by atoms with Crippen LogP contribution in [0.1, 0.15) is 5.56 Å². The van der Waals surface area contributed by atoms with Crippen molar-refractivity contribution in [2.75, 3.05) is 13.3 Å². The van der Waals surface area contributed by atoms with E-state index in [0.29, 0.717) is 5.15 Å². The van der Waals surface area contributed by atoms with Gasteiger partial charge in [-0.3, -0.25) is 4.99 Å². The Hall–Kier alpha value is -0.740. The lowest BCUT2D eigenvalue weighted by Gasteiger charge is -2.05. The van der Waals surface area contributed by atoms with Gasteiger partial charge < -0.3 is 5.32 Å². The van der Waals surface area contributed by atoms with Crippen molar-refractivity contribution in [1.82, 2.24) is 10.3 Å². The number of nitrogens with zero attached hydrogens (tertiary/aromatic N) is 2. The number of nitrogens with one attached hydrogen (secondary N) is 1. The van der Waals surface area contributed by atoms with Crippen LogP contribution in [0.5, 0.6) is 0 Å². The van der Waals surface area contributed by atoms with E-state index in [1.807, 2.05) is 12.3 Å². The SMILES string of the molecule is C/N=C(/NCc1ccc(Cl)nc1)SC. The maximum absolute atomic E-state index is 5.67. The molecular formula is C9H12ClN3S. The van der Waals surface area contributed by atoms with Crippen LogP contribution in [0.3, 0.4) is 0 Å². The number of rotatable bonds is 2. The molecular weight excluding hydrogens is 218 g/mol. The van der Waals surface area contributed by atoms with Crippen LogP contribution in [-0.4, -0.2) is 23.5 Å². The first kappa shape index (κ1) is 11.3. The third-order valence-electron chi connectivity index (χ3n) is 1.63. The van der Waals surface area contributed by atoms with Crippen molar-refractivity contribution in [1.29, 1.82) is 0 Å². The minimum atomic E-state index is 0.517. The molecule has 0 aliphatic heterocycles.